The van der Waals surface area contributed by atoms with Crippen LogP contribution in [0.4, 0.5) is 5.00 Å². The summed E-state index contributed by atoms with van der Waals surface area (Å²) in [6, 6.07) is 7.73. The number of fused-ring (bicyclic) bond motifs is 1. The van der Waals surface area contributed by atoms with Gasteiger partial charge in [0.25, 0.3) is 0 Å². The molecule has 2 aromatic heterocycles. The number of thioether (sulfide) groups is 1. The molecule has 1 amide bonds. The molecule has 1 aliphatic carbocycles. The van der Waals surface area contributed by atoms with Crippen LogP contribution in [0.1, 0.15) is 48.0 Å². The molecule has 4 rings (SSSR count). The maximum atomic E-state index is 12.9. The van der Waals surface area contributed by atoms with E-state index >= 15 is 0 Å². The highest BCUT2D eigenvalue weighted by atomic mass is 32.2. The van der Waals surface area contributed by atoms with Gasteiger partial charge < -0.3 is 19.4 Å². The molecule has 0 radical (unpaired) electrons. The number of carbonyl (C=O) groups is 2. The van der Waals surface area contributed by atoms with Crippen molar-refractivity contribution in [3.63, 3.8) is 0 Å². The van der Waals surface area contributed by atoms with Crippen molar-refractivity contribution in [3.05, 3.63) is 40.3 Å². The number of nitrogens with one attached hydrogen (secondary N) is 1. The van der Waals surface area contributed by atoms with Crippen LogP contribution in [0.2, 0.25) is 0 Å². The fourth-order valence-electron chi connectivity index (χ4n) is 4.21. The number of nitrogens with zero attached hydrogens (tertiary/aromatic N) is 3. The maximum Gasteiger partial charge on any atom is 0.341 e. The van der Waals surface area contributed by atoms with Gasteiger partial charge in [-0.1, -0.05) is 18.7 Å². The first-order valence-electron chi connectivity index (χ1n) is 11.8. The van der Waals surface area contributed by atoms with E-state index in [1.54, 1.807) is 0 Å². The molecule has 3 aromatic rings. The summed E-state index contributed by atoms with van der Waals surface area (Å²) in [5.41, 5.74) is 2.46. The van der Waals surface area contributed by atoms with Crippen LogP contribution in [-0.2, 0) is 28.9 Å². The van der Waals surface area contributed by atoms with Crippen LogP contribution in [0.25, 0.3) is 11.4 Å². The summed E-state index contributed by atoms with van der Waals surface area (Å²) < 4.78 is 12.5. The summed E-state index contributed by atoms with van der Waals surface area (Å²) >= 11 is 2.81. The van der Waals surface area contributed by atoms with Gasteiger partial charge >= 0.3 is 5.97 Å². The Balaban J connectivity index is 1.46. The number of benzene rings is 1. The van der Waals surface area contributed by atoms with Crippen LogP contribution in [0.15, 0.2) is 29.4 Å². The fourth-order valence-corrected chi connectivity index (χ4v) is 6.43. The molecule has 0 aliphatic heterocycles. The molecule has 2 heterocycles. The predicted octanol–water partition coefficient (Wildman–Crippen LogP) is 5.07. The summed E-state index contributed by atoms with van der Waals surface area (Å²) in [6.07, 6.45) is 2.78. The van der Waals surface area contributed by atoms with E-state index in [2.05, 4.69) is 22.4 Å². The number of esters is 1. The predicted molar refractivity (Wildman–Crippen MR) is 139 cm³/mol. The average Bonchev–Trinajstić information content (AvgIpc) is 3.43. The molecular weight excluding hydrogens is 484 g/mol. The number of ether oxygens (including phenoxy) is 2. The van der Waals surface area contributed by atoms with Gasteiger partial charge in [0.1, 0.15) is 10.8 Å². The van der Waals surface area contributed by atoms with Gasteiger partial charge in [-0.2, -0.15) is 0 Å². The van der Waals surface area contributed by atoms with Gasteiger partial charge in [-0.25, -0.2) is 4.79 Å². The second kappa shape index (κ2) is 11.3. The van der Waals surface area contributed by atoms with Crippen molar-refractivity contribution < 1.29 is 19.1 Å². The minimum absolute atomic E-state index is 0.154. The number of hydrogen-bond acceptors (Lipinski definition) is 8. The van der Waals surface area contributed by atoms with Gasteiger partial charge in [0.15, 0.2) is 11.0 Å². The van der Waals surface area contributed by atoms with Crippen molar-refractivity contribution in [1.82, 2.24) is 14.8 Å². The van der Waals surface area contributed by atoms with E-state index in [9.17, 15) is 9.59 Å². The van der Waals surface area contributed by atoms with E-state index in [0.29, 0.717) is 34.8 Å². The molecule has 1 atom stereocenters. The summed E-state index contributed by atoms with van der Waals surface area (Å²) in [7, 11) is 1.37. The molecule has 1 N–H and O–H groups in total. The SMILES string of the molecule is CCOc1ccc(-c2nnc(SCC(=O)Nc3sc4c(c3C(=O)OC)CCC(C)C4)n2CC)cc1. The molecule has 8 nitrogen and oxygen atoms in total. The van der Waals surface area contributed by atoms with Crippen LogP contribution < -0.4 is 10.1 Å². The number of thiophene rings is 1. The smallest absolute Gasteiger partial charge is 0.341 e. The van der Waals surface area contributed by atoms with Crippen LogP contribution in [0, 0.1) is 5.92 Å². The molecule has 10 heteroatoms. The first-order chi connectivity index (χ1) is 16.9. The standard InChI is InChI=1S/C25H30N4O4S2/c1-5-29-22(16-8-10-17(11-9-16)33-6-2)27-28-25(29)34-14-20(30)26-23-21(24(31)32-4)18-12-7-15(3)13-19(18)35-23/h8-11,15H,5-7,12-14H2,1-4H3,(H,26,30). The first kappa shape index (κ1) is 25.2. The summed E-state index contributed by atoms with van der Waals surface area (Å²) in [4.78, 5) is 26.5. The van der Waals surface area contributed by atoms with Crippen molar-refractivity contribution in [2.45, 2.75) is 51.7 Å². The van der Waals surface area contributed by atoms with Gasteiger partial charge in [-0.15, -0.1) is 21.5 Å². The van der Waals surface area contributed by atoms with E-state index in [-0.39, 0.29) is 11.7 Å². The Kier molecular flexibility index (Phi) is 8.12. The van der Waals surface area contributed by atoms with Crippen LogP contribution in [0.3, 0.4) is 0 Å². The van der Waals surface area contributed by atoms with Gasteiger partial charge in [0.05, 0.1) is 25.0 Å². The molecule has 186 valence electrons. The molecular formula is C25H30N4O4S2. The van der Waals surface area contributed by atoms with Crippen LogP contribution in [-0.4, -0.2) is 46.1 Å². The fraction of sp³-hybridized carbons (Fsp3) is 0.440. The van der Waals surface area contributed by atoms with E-state index < -0.39 is 5.97 Å². The van der Waals surface area contributed by atoms with Gasteiger partial charge in [-0.05, 0) is 68.9 Å². The first-order valence-corrected chi connectivity index (χ1v) is 13.6. The lowest BCUT2D eigenvalue weighted by molar-refractivity contribution is -0.113. The molecule has 0 bridgehead atoms. The van der Waals surface area contributed by atoms with Gasteiger partial charge in [-0.3, -0.25) is 4.79 Å². The zero-order chi connectivity index (χ0) is 24.9. The summed E-state index contributed by atoms with van der Waals surface area (Å²) in [5, 5.41) is 12.9. The Hall–Kier alpha value is -2.85. The number of aromatic nitrogens is 3. The monoisotopic (exact) mass is 514 g/mol. The molecule has 0 spiro atoms. The van der Waals surface area contributed by atoms with E-state index in [1.807, 2.05) is 42.7 Å². The quantitative estimate of drug-likeness (QED) is 0.315. The third-order valence-electron chi connectivity index (χ3n) is 5.94. The Morgan fingerprint density at radius 3 is 2.69 bits per heavy atom. The molecule has 1 aliphatic rings. The zero-order valence-corrected chi connectivity index (χ0v) is 22.1. The molecule has 35 heavy (non-hydrogen) atoms. The van der Waals surface area contributed by atoms with Crippen LogP contribution in [0.5, 0.6) is 5.75 Å². The number of amides is 1. The molecule has 0 fully saturated rings. The molecule has 0 saturated heterocycles. The van der Waals surface area contributed by atoms with E-state index in [0.717, 1.165) is 46.8 Å². The molecule has 1 unspecified atom stereocenters. The van der Waals surface area contributed by atoms with Gasteiger partial charge in [0.2, 0.25) is 5.91 Å². The van der Waals surface area contributed by atoms with E-state index in [1.165, 1.54) is 30.2 Å². The lowest BCUT2D eigenvalue weighted by Gasteiger charge is -2.18. The topological polar surface area (TPSA) is 95.3 Å². The van der Waals surface area contributed by atoms with Crippen molar-refractivity contribution >= 4 is 40.0 Å². The average molecular weight is 515 g/mol. The van der Waals surface area contributed by atoms with Crippen molar-refractivity contribution in [2.24, 2.45) is 5.92 Å². The van der Waals surface area contributed by atoms with Crippen molar-refractivity contribution in [1.29, 1.82) is 0 Å². The van der Waals surface area contributed by atoms with Crippen LogP contribution >= 0.6 is 23.1 Å². The number of rotatable bonds is 9. The highest BCUT2D eigenvalue weighted by Gasteiger charge is 2.29. The number of hydrogen-bond donors (Lipinski definition) is 1. The second-order valence-corrected chi connectivity index (χ2v) is 10.4. The largest absolute Gasteiger partial charge is 0.494 e. The Labute approximate surface area is 213 Å². The van der Waals surface area contributed by atoms with Crippen molar-refractivity contribution in [2.75, 3.05) is 24.8 Å². The maximum absolute atomic E-state index is 12.9. The second-order valence-electron chi connectivity index (χ2n) is 8.39. The normalized spacial score (nSPS) is 14.9. The van der Waals surface area contributed by atoms with Gasteiger partial charge in [0, 0.05) is 17.0 Å². The summed E-state index contributed by atoms with van der Waals surface area (Å²) in [5.74, 6) is 1.68. The Morgan fingerprint density at radius 2 is 2.00 bits per heavy atom. The third-order valence-corrected chi connectivity index (χ3v) is 8.08. The van der Waals surface area contributed by atoms with Crippen molar-refractivity contribution in [3.8, 4) is 17.1 Å². The Morgan fingerprint density at radius 1 is 1.23 bits per heavy atom. The lowest BCUT2D eigenvalue weighted by Crippen LogP contribution is -2.17. The zero-order valence-electron chi connectivity index (χ0n) is 20.4. The molecule has 1 aromatic carbocycles. The number of anilines is 1. The molecule has 0 saturated carbocycles. The lowest BCUT2D eigenvalue weighted by atomic mass is 9.88. The third kappa shape index (κ3) is 5.54. The Bertz CT molecular complexity index is 1200. The highest BCUT2D eigenvalue weighted by molar-refractivity contribution is 7.99. The minimum Gasteiger partial charge on any atom is -0.494 e. The van der Waals surface area contributed by atoms with E-state index in [4.69, 9.17) is 9.47 Å². The number of carbonyl (C=O) groups excluding carboxylic acids is 2. The summed E-state index contributed by atoms with van der Waals surface area (Å²) in [6.45, 7) is 7.46. The highest BCUT2D eigenvalue weighted by Crippen LogP contribution is 2.40. The number of methoxy groups -OCH3 is 1. The minimum atomic E-state index is -0.397.